The molecule has 0 N–H and O–H groups in total. The van der Waals surface area contributed by atoms with Crippen molar-refractivity contribution in [3.63, 3.8) is 0 Å². The SMILES string of the molecule is O=C(CN1CCCCC1)N1CCC2(CCCCc3ccccc3OCCN(CC3CC3)C2)CC1. The number of nitrogens with zero attached hydrogens (tertiary/aromatic N) is 3. The number of hydrogen-bond acceptors (Lipinski definition) is 4. The number of amides is 1. The Morgan fingerprint density at radius 3 is 2.47 bits per heavy atom. The lowest BCUT2D eigenvalue weighted by molar-refractivity contribution is -0.135. The van der Waals surface area contributed by atoms with Crippen LogP contribution >= 0.6 is 0 Å². The van der Waals surface area contributed by atoms with Crippen molar-refractivity contribution in [1.29, 1.82) is 0 Å². The summed E-state index contributed by atoms with van der Waals surface area (Å²) in [5, 5.41) is 0. The number of rotatable bonds is 4. The number of benzene rings is 1. The number of carbonyl (C=O) groups excluding carboxylic acids is 1. The lowest BCUT2D eigenvalue weighted by Crippen LogP contribution is -2.51. The third-order valence-electron chi connectivity index (χ3n) is 8.80. The molecule has 1 saturated carbocycles. The number of para-hydroxylation sites is 1. The van der Waals surface area contributed by atoms with Crippen molar-refractivity contribution < 1.29 is 9.53 Å². The first-order valence-electron chi connectivity index (χ1n) is 14.1. The molecule has 5 rings (SSSR count). The van der Waals surface area contributed by atoms with Gasteiger partial charge in [0, 0.05) is 32.7 Å². The monoisotopic (exact) mass is 467 g/mol. The van der Waals surface area contributed by atoms with Crippen LogP contribution in [0.5, 0.6) is 5.75 Å². The number of hydrogen-bond donors (Lipinski definition) is 0. The van der Waals surface area contributed by atoms with E-state index in [4.69, 9.17) is 4.74 Å². The van der Waals surface area contributed by atoms with Gasteiger partial charge in [-0.1, -0.05) is 31.0 Å². The Morgan fingerprint density at radius 1 is 0.882 bits per heavy atom. The van der Waals surface area contributed by atoms with Crippen LogP contribution in [0.25, 0.3) is 0 Å². The third kappa shape index (κ3) is 6.54. The fourth-order valence-electron chi connectivity index (χ4n) is 6.45. The van der Waals surface area contributed by atoms with Crippen LogP contribution in [0, 0.1) is 11.3 Å². The smallest absolute Gasteiger partial charge is 0.236 e. The second kappa shape index (κ2) is 11.4. The number of carbonyl (C=O) groups is 1. The molecule has 5 heteroatoms. The van der Waals surface area contributed by atoms with Crippen LogP contribution in [0.1, 0.15) is 69.8 Å². The average molecular weight is 468 g/mol. The second-order valence-corrected chi connectivity index (χ2v) is 11.6. The van der Waals surface area contributed by atoms with E-state index in [-0.39, 0.29) is 0 Å². The van der Waals surface area contributed by atoms with Gasteiger partial charge in [-0.15, -0.1) is 0 Å². The highest BCUT2D eigenvalue weighted by molar-refractivity contribution is 5.78. The first-order chi connectivity index (χ1) is 16.7. The summed E-state index contributed by atoms with van der Waals surface area (Å²) in [6, 6.07) is 8.63. The van der Waals surface area contributed by atoms with Crippen molar-refractivity contribution in [3.05, 3.63) is 29.8 Å². The fraction of sp³-hybridized carbons (Fsp3) is 0.759. The molecule has 34 heavy (non-hydrogen) atoms. The van der Waals surface area contributed by atoms with Crippen LogP contribution in [0.15, 0.2) is 24.3 Å². The number of fused-ring (bicyclic) bond motifs is 1. The number of aryl methyl sites for hydroxylation is 1. The van der Waals surface area contributed by atoms with E-state index in [0.717, 1.165) is 70.3 Å². The van der Waals surface area contributed by atoms with Crippen LogP contribution in [0.3, 0.4) is 0 Å². The minimum Gasteiger partial charge on any atom is -0.492 e. The molecule has 1 amide bonds. The summed E-state index contributed by atoms with van der Waals surface area (Å²) in [5.74, 6) is 2.35. The zero-order chi connectivity index (χ0) is 23.2. The Labute approximate surface area is 206 Å². The van der Waals surface area contributed by atoms with E-state index >= 15 is 0 Å². The summed E-state index contributed by atoms with van der Waals surface area (Å²) >= 11 is 0. The lowest BCUT2D eigenvalue weighted by Gasteiger charge is -2.45. The van der Waals surface area contributed by atoms with Crippen LogP contribution in [0.2, 0.25) is 0 Å². The molecule has 1 aromatic carbocycles. The Balaban J connectivity index is 1.22. The first kappa shape index (κ1) is 24.1. The molecule has 0 bridgehead atoms. The standard InChI is InChI=1S/C29H45N3O2/c33-28(23-30-16-6-1-7-17-30)32-18-14-29(15-19-32)13-5-4-9-26-8-2-3-10-27(26)34-21-20-31(24-29)22-25-11-12-25/h2-3,8,10,25H,1,4-7,9,11-24H2. The molecule has 3 heterocycles. The minimum absolute atomic E-state index is 0.357. The van der Waals surface area contributed by atoms with E-state index in [0.29, 0.717) is 17.9 Å². The van der Waals surface area contributed by atoms with E-state index in [2.05, 4.69) is 39.0 Å². The predicted molar refractivity (Wildman–Crippen MR) is 137 cm³/mol. The Hall–Kier alpha value is -1.59. The van der Waals surface area contributed by atoms with E-state index in [9.17, 15) is 4.79 Å². The maximum absolute atomic E-state index is 13.0. The molecule has 1 spiro atoms. The van der Waals surface area contributed by atoms with Crippen molar-refractivity contribution in [2.75, 3.05) is 59.0 Å². The molecule has 0 radical (unpaired) electrons. The van der Waals surface area contributed by atoms with E-state index < -0.39 is 0 Å². The van der Waals surface area contributed by atoms with Crippen molar-refractivity contribution in [2.45, 2.75) is 70.6 Å². The van der Waals surface area contributed by atoms with Crippen molar-refractivity contribution >= 4 is 5.91 Å². The molecule has 2 saturated heterocycles. The average Bonchev–Trinajstić information content (AvgIpc) is 3.67. The molecule has 3 aliphatic heterocycles. The Morgan fingerprint density at radius 2 is 1.68 bits per heavy atom. The molecule has 0 atom stereocenters. The molecule has 1 aromatic rings. The number of piperidine rings is 2. The highest BCUT2D eigenvalue weighted by Gasteiger charge is 2.38. The van der Waals surface area contributed by atoms with E-state index in [1.807, 2.05) is 0 Å². The molecule has 0 unspecified atom stereocenters. The quantitative estimate of drug-likeness (QED) is 0.649. The lowest BCUT2D eigenvalue weighted by atomic mass is 9.73. The Kier molecular flexibility index (Phi) is 8.11. The summed E-state index contributed by atoms with van der Waals surface area (Å²) in [7, 11) is 0. The topological polar surface area (TPSA) is 36.0 Å². The number of ether oxygens (including phenoxy) is 1. The van der Waals surface area contributed by atoms with E-state index in [1.54, 1.807) is 0 Å². The molecule has 1 aliphatic carbocycles. The predicted octanol–water partition coefficient (Wildman–Crippen LogP) is 4.60. The second-order valence-electron chi connectivity index (χ2n) is 11.6. The van der Waals surface area contributed by atoms with E-state index in [1.165, 1.54) is 70.0 Å². The van der Waals surface area contributed by atoms with Gasteiger partial charge in [0.25, 0.3) is 0 Å². The molecular weight excluding hydrogens is 422 g/mol. The van der Waals surface area contributed by atoms with Crippen molar-refractivity contribution in [1.82, 2.24) is 14.7 Å². The van der Waals surface area contributed by atoms with Gasteiger partial charge in [-0.3, -0.25) is 14.6 Å². The van der Waals surface area contributed by atoms with Gasteiger partial charge in [0.05, 0.1) is 6.54 Å². The summed E-state index contributed by atoms with van der Waals surface area (Å²) < 4.78 is 6.29. The molecule has 3 fully saturated rings. The van der Waals surface area contributed by atoms with Gasteiger partial charge in [0.2, 0.25) is 5.91 Å². The number of likely N-dealkylation sites (tertiary alicyclic amines) is 2. The summed E-state index contributed by atoms with van der Waals surface area (Å²) in [6.45, 7) is 8.94. The Bertz CT molecular complexity index is 794. The van der Waals surface area contributed by atoms with Gasteiger partial charge in [-0.25, -0.2) is 0 Å². The van der Waals surface area contributed by atoms with Gasteiger partial charge in [0.15, 0.2) is 0 Å². The maximum Gasteiger partial charge on any atom is 0.236 e. The summed E-state index contributed by atoms with van der Waals surface area (Å²) in [5.41, 5.74) is 1.72. The first-order valence-corrected chi connectivity index (χ1v) is 14.1. The third-order valence-corrected chi connectivity index (χ3v) is 8.80. The molecule has 4 aliphatic rings. The molecular formula is C29H45N3O2. The van der Waals surface area contributed by atoms with Crippen LogP contribution < -0.4 is 4.74 Å². The van der Waals surface area contributed by atoms with Crippen molar-refractivity contribution in [3.8, 4) is 5.75 Å². The van der Waals surface area contributed by atoms with Crippen molar-refractivity contribution in [2.24, 2.45) is 11.3 Å². The van der Waals surface area contributed by atoms with Crippen LogP contribution in [-0.2, 0) is 11.2 Å². The molecule has 5 nitrogen and oxygen atoms in total. The molecule has 188 valence electrons. The fourth-order valence-corrected chi connectivity index (χ4v) is 6.45. The van der Waals surface area contributed by atoms with Gasteiger partial charge in [0.1, 0.15) is 12.4 Å². The highest BCUT2D eigenvalue weighted by Crippen LogP contribution is 2.40. The van der Waals surface area contributed by atoms with Gasteiger partial charge in [-0.05, 0) is 93.8 Å². The van der Waals surface area contributed by atoms with Crippen LogP contribution in [0.4, 0.5) is 0 Å². The zero-order valence-electron chi connectivity index (χ0n) is 21.2. The minimum atomic E-state index is 0.357. The normalized spacial score (nSPS) is 25.1. The van der Waals surface area contributed by atoms with Gasteiger partial charge >= 0.3 is 0 Å². The van der Waals surface area contributed by atoms with Gasteiger partial charge in [-0.2, -0.15) is 0 Å². The largest absolute Gasteiger partial charge is 0.492 e. The maximum atomic E-state index is 13.0. The zero-order valence-corrected chi connectivity index (χ0v) is 21.2. The summed E-state index contributed by atoms with van der Waals surface area (Å²) in [4.78, 5) is 20.3. The highest BCUT2D eigenvalue weighted by atomic mass is 16.5. The van der Waals surface area contributed by atoms with Crippen LogP contribution in [-0.4, -0.2) is 79.6 Å². The summed E-state index contributed by atoms with van der Waals surface area (Å²) in [6.07, 6.45) is 13.8. The molecule has 0 aromatic heterocycles. The van der Waals surface area contributed by atoms with Gasteiger partial charge < -0.3 is 9.64 Å².